The molecule has 1 aromatic rings. The fraction of sp³-hybridized carbons (Fsp3) is 0.500. The molecular weight excluding hydrogens is 290 g/mol. The monoisotopic (exact) mass is 313 g/mol. The molecule has 0 heterocycles. The van der Waals surface area contributed by atoms with E-state index in [1.54, 1.807) is 0 Å². The number of nitrogens with one attached hydrogen (secondary N) is 2. The first-order chi connectivity index (χ1) is 9.86. The van der Waals surface area contributed by atoms with E-state index >= 15 is 0 Å². The SMILES string of the molecule is CC(C)CNS(=O)(=O)c1ccc(C(=O)NCCCN)cc1. The molecule has 0 aromatic heterocycles. The number of hydrogen-bond acceptors (Lipinski definition) is 4. The highest BCUT2D eigenvalue weighted by atomic mass is 32.2. The summed E-state index contributed by atoms with van der Waals surface area (Å²) in [5.41, 5.74) is 5.77. The van der Waals surface area contributed by atoms with Crippen LogP contribution in [0.25, 0.3) is 0 Å². The predicted molar refractivity (Wildman–Crippen MR) is 82.5 cm³/mol. The molecule has 6 nitrogen and oxygen atoms in total. The highest BCUT2D eigenvalue weighted by molar-refractivity contribution is 7.89. The molecule has 4 N–H and O–H groups in total. The minimum absolute atomic E-state index is 0.154. The van der Waals surface area contributed by atoms with E-state index in [-0.39, 0.29) is 16.7 Å². The van der Waals surface area contributed by atoms with Crippen LogP contribution in [-0.4, -0.2) is 34.0 Å². The molecule has 0 saturated heterocycles. The first-order valence-corrected chi connectivity index (χ1v) is 8.43. The minimum Gasteiger partial charge on any atom is -0.352 e. The summed E-state index contributed by atoms with van der Waals surface area (Å²) < 4.78 is 26.5. The van der Waals surface area contributed by atoms with E-state index in [9.17, 15) is 13.2 Å². The van der Waals surface area contributed by atoms with Crippen LogP contribution in [0.2, 0.25) is 0 Å². The Morgan fingerprint density at radius 1 is 1.24 bits per heavy atom. The molecule has 0 aliphatic heterocycles. The topological polar surface area (TPSA) is 101 Å². The van der Waals surface area contributed by atoms with Crippen LogP contribution >= 0.6 is 0 Å². The van der Waals surface area contributed by atoms with Gasteiger partial charge in [-0.15, -0.1) is 0 Å². The quantitative estimate of drug-likeness (QED) is 0.615. The van der Waals surface area contributed by atoms with Crippen LogP contribution in [-0.2, 0) is 10.0 Å². The van der Waals surface area contributed by atoms with Crippen LogP contribution in [0.5, 0.6) is 0 Å². The zero-order valence-electron chi connectivity index (χ0n) is 12.4. The molecule has 21 heavy (non-hydrogen) atoms. The van der Waals surface area contributed by atoms with Crippen molar-refractivity contribution < 1.29 is 13.2 Å². The maximum absolute atomic E-state index is 12.0. The van der Waals surface area contributed by atoms with E-state index in [2.05, 4.69) is 10.0 Å². The summed E-state index contributed by atoms with van der Waals surface area (Å²) in [4.78, 5) is 11.9. The second kappa shape index (κ2) is 8.11. The third kappa shape index (κ3) is 5.82. The normalized spacial score (nSPS) is 11.6. The summed E-state index contributed by atoms with van der Waals surface area (Å²) in [6, 6.07) is 5.87. The van der Waals surface area contributed by atoms with Gasteiger partial charge in [-0.05, 0) is 43.1 Å². The molecule has 0 saturated carbocycles. The van der Waals surface area contributed by atoms with Crippen molar-refractivity contribution in [2.24, 2.45) is 11.7 Å². The lowest BCUT2D eigenvalue weighted by atomic mass is 10.2. The second-order valence-electron chi connectivity index (χ2n) is 5.17. The van der Waals surface area contributed by atoms with Gasteiger partial charge in [0.1, 0.15) is 0 Å². The first-order valence-electron chi connectivity index (χ1n) is 6.95. The maximum Gasteiger partial charge on any atom is 0.251 e. The molecule has 1 amide bonds. The number of amides is 1. The van der Waals surface area contributed by atoms with Crippen molar-refractivity contribution in [3.05, 3.63) is 29.8 Å². The van der Waals surface area contributed by atoms with Crippen LogP contribution in [0, 0.1) is 5.92 Å². The average molecular weight is 313 g/mol. The lowest BCUT2D eigenvalue weighted by molar-refractivity contribution is 0.0953. The molecule has 0 unspecified atom stereocenters. The molecule has 1 aromatic carbocycles. The van der Waals surface area contributed by atoms with E-state index in [0.717, 1.165) is 0 Å². The fourth-order valence-corrected chi connectivity index (χ4v) is 2.77. The van der Waals surface area contributed by atoms with Gasteiger partial charge in [0.2, 0.25) is 10.0 Å². The van der Waals surface area contributed by atoms with Crippen molar-refractivity contribution in [3.8, 4) is 0 Å². The van der Waals surface area contributed by atoms with Gasteiger partial charge in [-0.3, -0.25) is 4.79 Å². The number of carbonyl (C=O) groups is 1. The van der Waals surface area contributed by atoms with Crippen molar-refractivity contribution in [2.75, 3.05) is 19.6 Å². The van der Waals surface area contributed by atoms with Crippen LogP contribution < -0.4 is 15.8 Å². The van der Waals surface area contributed by atoms with Gasteiger partial charge >= 0.3 is 0 Å². The van der Waals surface area contributed by atoms with E-state index in [1.807, 2.05) is 13.8 Å². The molecule has 0 atom stereocenters. The third-order valence-electron chi connectivity index (χ3n) is 2.77. The Labute approximate surface area is 126 Å². The van der Waals surface area contributed by atoms with E-state index in [0.29, 0.717) is 31.6 Å². The Kier molecular flexibility index (Phi) is 6.80. The lowest BCUT2D eigenvalue weighted by Gasteiger charge is -2.09. The van der Waals surface area contributed by atoms with Crippen molar-refractivity contribution in [1.29, 1.82) is 0 Å². The number of carbonyl (C=O) groups excluding carboxylic acids is 1. The number of hydrogen-bond donors (Lipinski definition) is 3. The highest BCUT2D eigenvalue weighted by Crippen LogP contribution is 2.11. The van der Waals surface area contributed by atoms with Gasteiger partial charge in [-0.25, -0.2) is 13.1 Å². The highest BCUT2D eigenvalue weighted by Gasteiger charge is 2.14. The fourth-order valence-electron chi connectivity index (χ4n) is 1.55. The Morgan fingerprint density at radius 2 is 1.86 bits per heavy atom. The van der Waals surface area contributed by atoms with Gasteiger partial charge in [0.15, 0.2) is 0 Å². The number of nitrogens with two attached hydrogens (primary N) is 1. The summed E-state index contributed by atoms with van der Waals surface area (Å²) in [5, 5.41) is 2.71. The van der Waals surface area contributed by atoms with Gasteiger partial charge in [0, 0.05) is 18.7 Å². The number of sulfonamides is 1. The Morgan fingerprint density at radius 3 is 2.38 bits per heavy atom. The molecule has 0 aliphatic carbocycles. The van der Waals surface area contributed by atoms with Gasteiger partial charge in [-0.2, -0.15) is 0 Å². The lowest BCUT2D eigenvalue weighted by Crippen LogP contribution is -2.28. The van der Waals surface area contributed by atoms with Gasteiger partial charge in [0.25, 0.3) is 5.91 Å². The van der Waals surface area contributed by atoms with Crippen molar-refractivity contribution >= 4 is 15.9 Å². The Balaban J connectivity index is 2.71. The molecule has 7 heteroatoms. The van der Waals surface area contributed by atoms with Crippen molar-refractivity contribution in [2.45, 2.75) is 25.2 Å². The van der Waals surface area contributed by atoms with Crippen LogP contribution in [0.15, 0.2) is 29.2 Å². The number of benzene rings is 1. The van der Waals surface area contributed by atoms with Gasteiger partial charge in [-0.1, -0.05) is 13.8 Å². The van der Waals surface area contributed by atoms with Crippen LogP contribution in [0.4, 0.5) is 0 Å². The van der Waals surface area contributed by atoms with E-state index in [4.69, 9.17) is 5.73 Å². The standard InChI is InChI=1S/C14H23N3O3S/c1-11(2)10-17-21(19,20)13-6-4-12(5-7-13)14(18)16-9-3-8-15/h4-7,11,17H,3,8-10,15H2,1-2H3,(H,16,18). The summed E-state index contributed by atoms with van der Waals surface area (Å²) in [6.45, 7) is 5.25. The largest absolute Gasteiger partial charge is 0.352 e. The van der Waals surface area contributed by atoms with E-state index in [1.165, 1.54) is 24.3 Å². The summed E-state index contributed by atoms with van der Waals surface area (Å²) in [6.07, 6.45) is 0.706. The minimum atomic E-state index is -3.52. The van der Waals surface area contributed by atoms with Gasteiger partial charge < -0.3 is 11.1 Å². The molecule has 0 bridgehead atoms. The van der Waals surface area contributed by atoms with Crippen molar-refractivity contribution in [3.63, 3.8) is 0 Å². The van der Waals surface area contributed by atoms with E-state index < -0.39 is 10.0 Å². The summed E-state index contributed by atoms with van der Waals surface area (Å²) in [7, 11) is -3.52. The Hall–Kier alpha value is -1.44. The third-order valence-corrected chi connectivity index (χ3v) is 4.21. The predicted octanol–water partition coefficient (Wildman–Crippen LogP) is 0.700. The molecule has 118 valence electrons. The molecule has 0 fully saturated rings. The zero-order valence-corrected chi connectivity index (χ0v) is 13.2. The molecule has 0 spiro atoms. The molecule has 1 rings (SSSR count). The average Bonchev–Trinajstić information content (AvgIpc) is 2.45. The molecular formula is C14H23N3O3S. The number of rotatable bonds is 8. The van der Waals surface area contributed by atoms with Crippen molar-refractivity contribution in [1.82, 2.24) is 10.0 Å². The Bertz CT molecular complexity index is 553. The van der Waals surface area contributed by atoms with Gasteiger partial charge in [0.05, 0.1) is 4.90 Å². The van der Waals surface area contributed by atoms with Crippen LogP contribution in [0.3, 0.4) is 0 Å². The smallest absolute Gasteiger partial charge is 0.251 e. The second-order valence-corrected chi connectivity index (χ2v) is 6.94. The zero-order chi connectivity index (χ0) is 15.9. The summed E-state index contributed by atoms with van der Waals surface area (Å²) >= 11 is 0. The maximum atomic E-state index is 12.0. The first kappa shape index (κ1) is 17.6. The molecule has 0 radical (unpaired) electrons. The molecule has 0 aliphatic rings. The summed E-state index contributed by atoms with van der Waals surface area (Å²) in [5.74, 6) is -0.00471. The van der Waals surface area contributed by atoms with Crippen LogP contribution in [0.1, 0.15) is 30.6 Å².